The van der Waals surface area contributed by atoms with E-state index in [1.807, 2.05) is 6.07 Å². The van der Waals surface area contributed by atoms with Crippen LogP contribution in [-0.2, 0) is 6.42 Å². The number of hydrogen-bond donors (Lipinski definition) is 1. The summed E-state index contributed by atoms with van der Waals surface area (Å²) in [4.78, 5) is 8.63. The minimum absolute atomic E-state index is 0.706. The number of rotatable bonds is 3. The Balaban J connectivity index is 2.51. The van der Waals surface area contributed by atoms with Crippen LogP contribution in [0.25, 0.3) is 10.9 Å². The minimum atomic E-state index is 0.706. The molecule has 0 saturated heterocycles. The molecule has 1 heterocycles. The topological polar surface area (TPSA) is 51.8 Å². The molecule has 0 saturated carbocycles. The van der Waals surface area contributed by atoms with E-state index in [9.17, 15) is 0 Å². The summed E-state index contributed by atoms with van der Waals surface area (Å²) in [5, 5.41) is 1.16. The molecule has 0 aliphatic carbocycles. The summed E-state index contributed by atoms with van der Waals surface area (Å²) >= 11 is 0. The van der Waals surface area contributed by atoms with Gasteiger partial charge in [0.1, 0.15) is 6.33 Å². The van der Waals surface area contributed by atoms with Gasteiger partial charge in [0.15, 0.2) is 0 Å². The normalized spacial score (nSPS) is 10.8. The van der Waals surface area contributed by atoms with E-state index in [2.05, 4.69) is 29.0 Å². The number of nitrogens with zero attached hydrogens (tertiary/aromatic N) is 2. The number of para-hydroxylation sites is 1. The molecular weight excluding hydrogens is 186 g/mol. The summed E-state index contributed by atoms with van der Waals surface area (Å²) in [6.45, 7) is 2.78. The third-order valence-electron chi connectivity index (χ3n) is 2.57. The Bertz CT molecular complexity index is 465. The molecule has 0 bridgehead atoms. The maximum atomic E-state index is 5.51. The van der Waals surface area contributed by atoms with Gasteiger partial charge in [0.25, 0.3) is 0 Å². The van der Waals surface area contributed by atoms with E-state index in [1.165, 1.54) is 5.56 Å². The largest absolute Gasteiger partial charge is 0.330 e. The Morgan fingerprint density at radius 1 is 1.27 bits per heavy atom. The number of hydrogen-bond acceptors (Lipinski definition) is 3. The maximum Gasteiger partial charge on any atom is 0.116 e. The van der Waals surface area contributed by atoms with E-state index in [-0.39, 0.29) is 0 Å². The van der Waals surface area contributed by atoms with Crippen LogP contribution >= 0.6 is 0 Å². The van der Waals surface area contributed by atoms with Crippen molar-refractivity contribution >= 4 is 10.9 Å². The molecule has 2 aromatic rings. The van der Waals surface area contributed by atoms with Crippen molar-refractivity contribution < 1.29 is 0 Å². The van der Waals surface area contributed by atoms with E-state index >= 15 is 0 Å². The van der Waals surface area contributed by atoms with Gasteiger partial charge in [-0.15, -0.1) is 0 Å². The molecule has 0 aliphatic heterocycles. The summed E-state index contributed by atoms with van der Waals surface area (Å²) in [7, 11) is 0. The Morgan fingerprint density at radius 3 is 2.93 bits per heavy atom. The summed E-state index contributed by atoms with van der Waals surface area (Å²) in [5.74, 6) is 0. The quantitative estimate of drug-likeness (QED) is 0.824. The molecule has 1 aromatic heterocycles. The van der Waals surface area contributed by atoms with Gasteiger partial charge in [-0.25, -0.2) is 9.97 Å². The Morgan fingerprint density at radius 2 is 2.13 bits per heavy atom. The standard InChI is InChI=1S/C12H15N3/c1-9-4-2-5-10-11(6-3-7-13)14-8-15-12(9)10/h2,4-5,8H,3,6-7,13H2,1H3. The average molecular weight is 201 g/mol. The lowest BCUT2D eigenvalue weighted by Crippen LogP contribution is -2.02. The first-order valence-electron chi connectivity index (χ1n) is 5.22. The molecule has 15 heavy (non-hydrogen) atoms. The molecule has 0 unspecified atom stereocenters. The number of nitrogens with two attached hydrogens (primary N) is 1. The third kappa shape index (κ3) is 1.97. The fraction of sp³-hybridized carbons (Fsp3) is 0.333. The SMILES string of the molecule is Cc1cccc2c(CCCN)ncnc12. The van der Waals surface area contributed by atoms with E-state index in [4.69, 9.17) is 5.73 Å². The number of benzene rings is 1. The second kappa shape index (κ2) is 4.36. The van der Waals surface area contributed by atoms with E-state index in [0.29, 0.717) is 6.54 Å². The van der Waals surface area contributed by atoms with Crippen molar-refractivity contribution in [3.63, 3.8) is 0 Å². The summed E-state index contributed by atoms with van der Waals surface area (Å²) < 4.78 is 0. The lowest BCUT2D eigenvalue weighted by molar-refractivity contribution is 0.813. The number of fused-ring (bicyclic) bond motifs is 1. The van der Waals surface area contributed by atoms with Crippen molar-refractivity contribution in [1.82, 2.24) is 9.97 Å². The highest BCUT2D eigenvalue weighted by atomic mass is 14.8. The van der Waals surface area contributed by atoms with Gasteiger partial charge in [-0.3, -0.25) is 0 Å². The molecule has 1 aromatic carbocycles. The third-order valence-corrected chi connectivity index (χ3v) is 2.57. The molecule has 0 radical (unpaired) electrons. The first kappa shape index (κ1) is 10.1. The first-order valence-corrected chi connectivity index (χ1v) is 5.22. The Labute approximate surface area is 89.4 Å². The highest BCUT2D eigenvalue weighted by Gasteiger charge is 2.04. The summed E-state index contributed by atoms with van der Waals surface area (Å²) in [6, 6.07) is 6.20. The molecule has 0 fully saturated rings. The van der Waals surface area contributed by atoms with Gasteiger partial charge in [0.05, 0.1) is 11.2 Å². The van der Waals surface area contributed by atoms with Crippen molar-refractivity contribution in [2.75, 3.05) is 6.54 Å². The maximum absolute atomic E-state index is 5.51. The van der Waals surface area contributed by atoms with Crippen LogP contribution in [0.15, 0.2) is 24.5 Å². The molecule has 0 spiro atoms. The van der Waals surface area contributed by atoms with Gasteiger partial charge in [-0.05, 0) is 31.9 Å². The van der Waals surface area contributed by atoms with Crippen molar-refractivity contribution in [3.8, 4) is 0 Å². The molecule has 0 atom stereocenters. The second-order valence-corrected chi connectivity index (χ2v) is 3.68. The minimum Gasteiger partial charge on any atom is -0.330 e. The molecule has 0 amide bonds. The van der Waals surface area contributed by atoms with Gasteiger partial charge in [-0.1, -0.05) is 18.2 Å². The van der Waals surface area contributed by atoms with Crippen LogP contribution in [-0.4, -0.2) is 16.5 Å². The predicted octanol–water partition coefficient (Wildman–Crippen LogP) is 1.83. The molecule has 2 rings (SSSR count). The predicted molar refractivity (Wildman–Crippen MR) is 61.7 cm³/mol. The zero-order chi connectivity index (χ0) is 10.7. The molecule has 78 valence electrons. The monoisotopic (exact) mass is 201 g/mol. The molecule has 3 heteroatoms. The highest BCUT2D eigenvalue weighted by Crippen LogP contribution is 2.18. The fourth-order valence-electron chi connectivity index (χ4n) is 1.76. The van der Waals surface area contributed by atoms with Crippen molar-refractivity contribution in [2.45, 2.75) is 19.8 Å². The highest BCUT2D eigenvalue weighted by molar-refractivity contribution is 5.83. The van der Waals surface area contributed by atoms with Gasteiger partial charge in [0, 0.05) is 5.39 Å². The lowest BCUT2D eigenvalue weighted by atomic mass is 10.1. The van der Waals surface area contributed by atoms with Crippen LogP contribution < -0.4 is 5.73 Å². The zero-order valence-corrected chi connectivity index (χ0v) is 8.90. The van der Waals surface area contributed by atoms with E-state index in [0.717, 1.165) is 29.4 Å². The van der Waals surface area contributed by atoms with Gasteiger partial charge in [0.2, 0.25) is 0 Å². The molecule has 0 aliphatic rings. The molecule has 3 nitrogen and oxygen atoms in total. The van der Waals surface area contributed by atoms with Gasteiger partial charge < -0.3 is 5.73 Å². The van der Waals surface area contributed by atoms with Gasteiger partial charge >= 0.3 is 0 Å². The Kier molecular flexibility index (Phi) is 2.92. The lowest BCUT2D eigenvalue weighted by Gasteiger charge is -2.05. The first-order chi connectivity index (χ1) is 7.33. The molecular formula is C12H15N3. The summed E-state index contributed by atoms with van der Waals surface area (Å²) in [5.41, 5.74) is 8.87. The zero-order valence-electron chi connectivity index (χ0n) is 8.90. The average Bonchev–Trinajstić information content (AvgIpc) is 2.27. The second-order valence-electron chi connectivity index (χ2n) is 3.68. The number of aromatic nitrogens is 2. The fourth-order valence-corrected chi connectivity index (χ4v) is 1.76. The summed E-state index contributed by atoms with van der Waals surface area (Å²) in [6.07, 6.45) is 3.54. The molecule has 2 N–H and O–H groups in total. The van der Waals surface area contributed by atoms with Crippen molar-refractivity contribution in [3.05, 3.63) is 35.8 Å². The number of aryl methyl sites for hydroxylation is 2. The van der Waals surface area contributed by atoms with E-state index < -0.39 is 0 Å². The van der Waals surface area contributed by atoms with Crippen LogP contribution in [0.1, 0.15) is 17.7 Å². The van der Waals surface area contributed by atoms with Crippen molar-refractivity contribution in [1.29, 1.82) is 0 Å². The van der Waals surface area contributed by atoms with Crippen LogP contribution in [0.5, 0.6) is 0 Å². The van der Waals surface area contributed by atoms with Crippen molar-refractivity contribution in [2.24, 2.45) is 5.73 Å². The van der Waals surface area contributed by atoms with Crippen LogP contribution in [0.3, 0.4) is 0 Å². The van der Waals surface area contributed by atoms with Crippen LogP contribution in [0.2, 0.25) is 0 Å². The van der Waals surface area contributed by atoms with Gasteiger partial charge in [-0.2, -0.15) is 0 Å². The Hall–Kier alpha value is -1.48. The van der Waals surface area contributed by atoms with Crippen LogP contribution in [0, 0.1) is 6.92 Å². The van der Waals surface area contributed by atoms with Crippen LogP contribution in [0.4, 0.5) is 0 Å². The van der Waals surface area contributed by atoms with E-state index in [1.54, 1.807) is 6.33 Å². The smallest absolute Gasteiger partial charge is 0.116 e.